The highest BCUT2D eigenvalue weighted by Crippen LogP contribution is 2.38. The van der Waals surface area contributed by atoms with E-state index in [9.17, 15) is 51.9 Å². The fourth-order valence-corrected chi connectivity index (χ4v) is 7.80. The number of hydrogen-bond donors (Lipinski definition) is 6. The molecule has 5 rings (SSSR count). The summed E-state index contributed by atoms with van der Waals surface area (Å²) in [6.07, 6.45) is 3.51. The van der Waals surface area contributed by atoms with Crippen LogP contribution in [0.3, 0.4) is 0 Å². The molecule has 0 aliphatic carbocycles. The van der Waals surface area contributed by atoms with Gasteiger partial charge in [0.05, 0.1) is 28.1 Å². The first-order chi connectivity index (χ1) is 18.3. The lowest BCUT2D eigenvalue weighted by molar-refractivity contribution is 0.468. The Morgan fingerprint density at radius 1 is 0.575 bits per heavy atom. The number of nitrogens with one attached hydrogen (secondary N) is 2. The van der Waals surface area contributed by atoms with Gasteiger partial charge in [-0.1, -0.05) is 0 Å². The van der Waals surface area contributed by atoms with Gasteiger partial charge >= 0.3 is 0 Å². The lowest BCUT2D eigenvalue weighted by atomic mass is 10.3. The Morgan fingerprint density at radius 2 is 1.10 bits per heavy atom. The highest BCUT2D eigenvalue weighted by molar-refractivity contribution is 7.95. The Labute approximate surface area is 224 Å². The van der Waals surface area contributed by atoms with Gasteiger partial charge in [0, 0.05) is 11.0 Å². The van der Waals surface area contributed by atoms with Crippen molar-refractivity contribution in [1.82, 2.24) is 19.9 Å². The molecule has 20 heteroatoms. The van der Waals surface area contributed by atoms with Crippen molar-refractivity contribution < 1.29 is 51.9 Å². The molecule has 6 N–H and O–H groups in total. The maximum absolute atomic E-state index is 12.6. The maximum atomic E-state index is 12.6. The molecule has 0 unspecified atom stereocenters. The Balaban J connectivity index is 2.20. The van der Waals surface area contributed by atoms with E-state index in [4.69, 9.17) is 0 Å². The van der Waals surface area contributed by atoms with Gasteiger partial charge in [-0.2, -0.15) is 33.7 Å². The molecular formula is C20H14N4O12S4. The molecule has 40 heavy (non-hydrogen) atoms. The number of hydrogen-bond acceptors (Lipinski definition) is 10. The van der Waals surface area contributed by atoms with E-state index in [0.717, 1.165) is 6.07 Å². The largest absolute Gasteiger partial charge is 0.355 e. The summed E-state index contributed by atoms with van der Waals surface area (Å²) >= 11 is 0. The minimum absolute atomic E-state index is 0.0444. The van der Waals surface area contributed by atoms with Crippen LogP contribution in [0.4, 0.5) is 0 Å². The van der Waals surface area contributed by atoms with Crippen molar-refractivity contribution in [3.63, 3.8) is 0 Å². The molecule has 0 saturated heterocycles. The van der Waals surface area contributed by atoms with Crippen molar-refractivity contribution in [3.8, 4) is 0 Å². The van der Waals surface area contributed by atoms with Gasteiger partial charge in [-0.05, 0) is 48.6 Å². The molecule has 0 aromatic carbocycles. The van der Waals surface area contributed by atoms with Crippen LogP contribution in [0.5, 0.6) is 0 Å². The molecule has 0 fully saturated rings. The molecule has 0 spiro atoms. The van der Waals surface area contributed by atoms with E-state index < -0.39 is 76.8 Å². The van der Waals surface area contributed by atoms with Gasteiger partial charge in [0.1, 0.15) is 25.3 Å². The number of H-pyrrole nitrogens is 2. The van der Waals surface area contributed by atoms with Crippen LogP contribution in [0.2, 0.25) is 0 Å². The average Bonchev–Trinajstić information content (AvgIpc) is 3.53. The van der Waals surface area contributed by atoms with E-state index in [1.54, 1.807) is 12.1 Å². The van der Waals surface area contributed by atoms with E-state index in [0.29, 0.717) is 22.8 Å². The van der Waals surface area contributed by atoms with Crippen molar-refractivity contribution in [2.75, 3.05) is 0 Å². The average molecular weight is 631 g/mol. The van der Waals surface area contributed by atoms with Gasteiger partial charge in [-0.3, -0.25) is 18.2 Å². The smallest absolute Gasteiger partial charge is 0.298 e. The second-order valence-corrected chi connectivity index (χ2v) is 13.8. The zero-order chi connectivity index (χ0) is 29.4. The molecule has 0 radical (unpaired) electrons. The van der Waals surface area contributed by atoms with Gasteiger partial charge in [0.25, 0.3) is 40.5 Å². The van der Waals surface area contributed by atoms with Crippen LogP contribution >= 0.6 is 0 Å². The van der Waals surface area contributed by atoms with Crippen LogP contribution in [0.25, 0.3) is 45.2 Å². The number of rotatable bonds is 4. The van der Waals surface area contributed by atoms with Crippen LogP contribution in [0.1, 0.15) is 22.8 Å². The summed E-state index contributed by atoms with van der Waals surface area (Å²) in [7, 11) is -22.4. The SMILES string of the molecule is O=S(=O)(O)C1=Cc2cc3ccc(cc4nc(cc5[nH]c(c(S(=O)(=O)O)c1n2)c(S(=O)(=O)O)c5S(=O)(=O)O)C=C4)[nH]3. The standard InChI is InChI=1S/C20H14N4O12S4/c25-37(26,27)15-8-13-6-11-2-1-9(21-11)5-10-3-4-12(22-10)7-14-18(38(28,29)30)20(40(34,35)36)17(24-14)19(16(15)23-13)39(31,32)33/h1-8,21,24H,(H,25,26,27)(H,28,29,30)(H,31,32,33)(H,34,35,36). The fourth-order valence-electron chi connectivity index (χ4n) is 4.09. The molecular weight excluding hydrogens is 617 g/mol. The summed E-state index contributed by atoms with van der Waals surface area (Å²) in [5.74, 6) is 0. The summed E-state index contributed by atoms with van der Waals surface area (Å²) in [6.45, 7) is 0. The number of aromatic nitrogens is 4. The third-order valence-corrected chi connectivity index (χ3v) is 9.27. The molecule has 5 heterocycles. The first kappa shape index (κ1) is 27.8. The van der Waals surface area contributed by atoms with E-state index in [1.165, 1.54) is 24.3 Å². The lowest BCUT2D eigenvalue weighted by Crippen LogP contribution is -2.10. The van der Waals surface area contributed by atoms with Crippen LogP contribution in [-0.4, -0.2) is 71.8 Å². The summed E-state index contributed by atoms with van der Waals surface area (Å²) < 4.78 is 139. The van der Waals surface area contributed by atoms with Gasteiger partial charge in [-0.15, -0.1) is 0 Å². The van der Waals surface area contributed by atoms with Crippen molar-refractivity contribution in [3.05, 3.63) is 53.1 Å². The summed E-state index contributed by atoms with van der Waals surface area (Å²) in [5, 5.41) is 0. The van der Waals surface area contributed by atoms with Gasteiger partial charge in [0.15, 0.2) is 0 Å². The van der Waals surface area contributed by atoms with E-state index in [2.05, 4.69) is 19.9 Å². The first-order valence-electron chi connectivity index (χ1n) is 10.4. The van der Waals surface area contributed by atoms with Crippen molar-refractivity contribution in [1.29, 1.82) is 0 Å². The van der Waals surface area contributed by atoms with Gasteiger partial charge in [-0.25, -0.2) is 9.97 Å². The van der Waals surface area contributed by atoms with Crippen molar-refractivity contribution in [2.24, 2.45) is 0 Å². The Hall–Kier alpha value is -3.76. The molecule has 3 aromatic heterocycles. The van der Waals surface area contributed by atoms with Crippen molar-refractivity contribution >= 4 is 85.7 Å². The zero-order valence-corrected chi connectivity index (χ0v) is 22.5. The Morgan fingerprint density at radius 3 is 1.62 bits per heavy atom. The molecule has 0 atom stereocenters. The first-order valence-corrected chi connectivity index (χ1v) is 16.2. The third kappa shape index (κ3) is 5.09. The highest BCUT2D eigenvalue weighted by Gasteiger charge is 2.37. The predicted molar refractivity (Wildman–Crippen MR) is 139 cm³/mol. The minimum atomic E-state index is -5.77. The second kappa shape index (κ2) is 8.87. The Bertz CT molecular complexity index is 2310. The van der Waals surface area contributed by atoms with E-state index >= 15 is 0 Å². The lowest BCUT2D eigenvalue weighted by Gasteiger charge is -2.05. The van der Waals surface area contributed by atoms with Gasteiger partial charge in [0.2, 0.25) is 0 Å². The van der Waals surface area contributed by atoms with E-state index in [-0.39, 0.29) is 11.4 Å². The number of fused-ring (bicyclic) bond motifs is 8. The van der Waals surface area contributed by atoms with Crippen LogP contribution < -0.4 is 0 Å². The zero-order valence-electron chi connectivity index (χ0n) is 19.2. The van der Waals surface area contributed by atoms with Crippen LogP contribution in [0, 0.1) is 0 Å². The monoisotopic (exact) mass is 630 g/mol. The molecule has 210 valence electrons. The predicted octanol–water partition coefficient (Wildman–Crippen LogP) is 1.61. The maximum Gasteiger partial charge on any atom is 0.298 e. The second-order valence-electron chi connectivity index (χ2n) is 8.29. The quantitative estimate of drug-likeness (QED) is 0.175. The molecule has 2 aliphatic rings. The molecule has 3 aromatic rings. The van der Waals surface area contributed by atoms with Crippen molar-refractivity contribution in [2.45, 2.75) is 14.7 Å². The third-order valence-electron chi connectivity index (χ3n) is 5.50. The Kier molecular flexibility index (Phi) is 6.16. The molecule has 2 aliphatic heterocycles. The summed E-state index contributed by atoms with van der Waals surface area (Å²) in [5.41, 5.74) is -2.75. The normalized spacial score (nSPS) is 14.3. The highest BCUT2D eigenvalue weighted by atomic mass is 32.2. The van der Waals surface area contributed by atoms with Gasteiger partial charge < -0.3 is 9.97 Å². The summed E-state index contributed by atoms with van der Waals surface area (Å²) in [6, 6.07) is 6.74. The molecule has 0 saturated carbocycles. The number of aromatic amines is 2. The molecule has 0 amide bonds. The topological polar surface area (TPSA) is 275 Å². The fraction of sp³-hybridized carbons (Fsp3) is 0. The molecule has 16 nitrogen and oxygen atoms in total. The van der Waals surface area contributed by atoms with Crippen LogP contribution in [0.15, 0.2) is 45.0 Å². The van der Waals surface area contributed by atoms with E-state index in [1.807, 2.05) is 0 Å². The summed E-state index contributed by atoms with van der Waals surface area (Å²) in [4.78, 5) is 6.82. The number of nitrogens with zero attached hydrogens (tertiary/aromatic N) is 2. The minimum Gasteiger partial charge on any atom is -0.355 e. The van der Waals surface area contributed by atoms with Crippen LogP contribution in [-0.2, 0) is 40.5 Å². The molecule has 8 bridgehead atoms.